The van der Waals surface area contributed by atoms with Crippen LogP contribution < -0.4 is 5.32 Å². The number of hydrogen-bond donors (Lipinski definition) is 1. The van der Waals surface area contributed by atoms with E-state index in [0.717, 1.165) is 0 Å². The first-order chi connectivity index (χ1) is 5.75. The minimum absolute atomic E-state index is 0.398. The van der Waals surface area contributed by atoms with Crippen LogP contribution in [-0.4, -0.2) is 23.4 Å². The Balaban J connectivity index is 2.80. The van der Waals surface area contributed by atoms with Crippen molar-refractivity contribution in [1.29, 1.82) is 0 Å². The summed E-state index contributed by atoms with van der Waals surface area (Å²) in [6, 6.07) is -0.980. The first-order valence-corrected chi connectivity index (χ1v) is 3.46. The van der Waals surface area contributed by atoms with Gasteiger partial charge in [0.05, 0.1) is 6.04 Å². The summed E-state index contributed by atoms with van der Waals surface area (Å²) in [6.07, 6.45) is 1.61. The lowest BCUT2D eigenvalue weighted by Gasteiger charge is -2.13. The van der Waals surface area contributed by atoms with Crippen molar-refractivity contribution in [2.24, 2.45) is 0 Å². The van der Waals surface area contributed by atoms with E-state index < -0.39 is 12.5 Å². The highest BCUT2D eigenvalue weighted by Gasteiger charge is 2.20. The van der Waals surface area contributed by atoms with Crippen LogP contribution in [0.4, 0.5) is 8.78 Å². The number of hydrogen-bond acceptors (Lipinski definition) is 3. The maximum Gasteiger partial charge on any atom is 0.257 e. The van der Waals surface area contributed by atoms with Gasteiger partial charge in [0.25, 0.3) is 6.43 Å². The van der Waals surface area contributed by atoms with Crippen LogP contribution in [0, 0.1) is 0 Å². The molecule has 0 amide bonds. The van der Waals surface area contributed by atoms with Gasteiger partial charge in [-0.15, -0.1) is 0 Å². The topological polar surface area (TPSA) is 37.8 Å². The lowest BCUT2D eigenvalue weighted by Crippen LogP contribution is -2.23. The largest absolute Gasteiger partial charge is 0.308 e. The Kier molecular flexibility index (Phi) is 3.04. The highest BCUT2D eigenvalue weighted by atomic mass is 19.3. The zero-order valence-corrected chi connectivity index (χ0v) is 6.54. The highest BCUT2D eigenvalue weighted by molar-refractivity contribution is 5.09. The van der Waals surface area contributed by atoms with Gasteiger partial charge in [-0.1, -0.05) is 0 Å². The van der Waals surface area contributed by atoms with Gasteiger partial charge in [-0.2, -0.15) is 0 Å². The third-order valence-electron chi connectivity index (χ3n) is 1.50. The number of aromatic nitrogens is 2. The fourth-order valence-corrected chi connectivity index (χ4v) is 0.909. The summed E-state index contributed by atoms with van der Waals surface area (Å²) in [5, 5.41) is 2.49. The molecule has 12 heavy (non-hydrogen) atoms. The van der Waals surface area contributed by atoms with Gasteiger partial charge in [-0.05, 0) is 7.05 Å². The lowest BCUT2D eigenvalue weighted by atomic mass is 10.2. The minimum atomic E-state index is -2.44. The Morgan fingerprint density at radius 3 is 2.33 bits per heavy atom. The van der Waals surface area contributed by atoms with Crippen LogP contribution in [-0.2, 0) is 0 Å². The number of nitrogens with zero attached hydrogens (tertiary/aromatic N) is 2. The zero-order valence-electron chi connectivity index (χ0n) is 6.54. The van der Waals surface area contributed by atoms with E-state index in [0.29, 0.717) is 5.56 Å². The molecule has 1 aromatic heterocycles. The summed E-state index contributed by atoms with van der Waals surface area (Å²) in [5.41, 5.74) is 0.398. The summed E-state index contributed by atoms with van der Waals surface area (Å²) < 4.78 is 24.5. The number of alkyl halides is 2. The van der Waals surface area contributed by atoms with Gasteiger partial charge in [-0.3, -0.25) is 0 Å². The molecular formula is C7H9F2N3. The van der Waals surface area contributed by atoms with Crippen molar-refractivity contribution in [3.05, 3.63) is 24.3 Å². The molecule has 0 saturated carbocycles. The Bertz CT molecular complexity index is 227. The summed E-state index contributed by atoms with van der Waals surface area (Å²) in [6.45, 7) is 0. The molecule has 0 spiro atoms. The van der Waals surface area contributed by atoms with Crippen LogP contribution in [0.2, 0.25) is 0 Å². The van der Waals surface area contributed by atoms with Crippen molar-refractivity contribution in [3.8, 4) is 0 Å². The molecule has 0 radical (unpaired) electrons. The van der Waals surface area contributed by atoms with E-state index in [4.69, 9.17) is 0 Å². The van der Waals surface area contributed by atoms with Gasteiger partial charge < -0.3 is 5.32 Å². The van der Waals surface area contributed by atoms with Crippen molar-refractivity contribution < 1.29 is 8.78 Å². The summed E-state index contributed by atoms with van der Waals surface area (Å²) in [5.74, 6) is 0. The molecule has 1 aromatic rings. The SMILES string of the molecule is CNC(c1cncnc1)C(F)F. The maximum atomic E-state index is 12.3. The van der Waals surface area contributed by atoms with E-state index in [9.17, 15) is 8.78 Å². The molecule has 1 heterocycles. The van der Waals surface area contributed by atoms with E-state index in [1.165, 1.54) is 25.8 Å². The van der Waals surface area contributed by atoms with Gasteiger partial charge in [0.1, 0.15) is 6.33 Å². The molecular weight excluding hydrogens is 164 g/mol. The van der Waals surface area contributed by atoms with Crippen LogP contribution in [0.3, 0.4) is 0 Å². The predicted octanol–water partition coefficient (Wildman–Crippen LogP) is 1.00. The van der Waals surface area contributed by atoms with Crippen LogP contribution in [0.25, 0.3) is 0 Å². The number of halogens is 2. The fourth-order valence-electron chi connectivity index (χ4n) is 0.909. The maximum absolute atomic E-state index is 12.3. The van der Waals surface area contributed by atoms with Gasteiger partial charge in [-0.25, -0.2) is 18.7 Å². The zero-order chi connectivity index (χ0) is 8.97. The van der Waals surface area contributed by atoms with Gasteiger partial charge in [0.15, 0.2) is 0 Å². The Morgan fingerprint density at radius 2 is 1.92 bits per heavy atom. The Hall–Kier alpha value is -1.10. The average Bonchev–Trinajstić information content (AvgIpc) is 2.07. The van der Waals surface area contributed by atoms with E-state index in [2.05, 4.69) is 15.3 Å². The predicted molar refractivity (Wildman–Crippen MR) is 39.8 cm³/mol. The molecule has 0 saturated heterocycles. The summed E-state index contributed by atoms with van der Waals surface area (Å²) >= 11 is 0. The molecule has 1 unspecified atom stereocenters. The van der Waals surface area contributed by atoms with E-state index in [-0.39, 0.29) is 0 Å². The molecule has 0 bridgehead atoms. The second-order valence-electron chi connectivity index (χ2n) is 2.27. The van der Waals surface area contributed by atoms with Gasteiger partial charge in [0.2, 0.25) is 0 Å². The molecule has 1 N–H and O–H groups in total. The monoisotopic (exact) mass is 173 g/mol. The quantitative estimate of drug-likeness (QED) is 0.741. The third-order valence-corrected chi connectivity index (χ3v) is 1.50. The normalized spacial score (nSPS) is 13.3. The first-order valence-electron chi connectivity index (χ1n) is 3.46. The second kappa shape index (κ2) is 4.06. The average molecular weight is 173 g/mol. The first kappa shape index (κ1) is 8.99. The Morgan fingerprint density at radius 1 is 1.33 bits per heavy atom. The van der Waals surface area contributed by atoms with Crippen molar-refractivity contribution in [2.45, 2.75) is 12.5 Å². The van der Waals surface area contributed by atoms with Crippen molar-refractivity contribution in [1.82, 2.24) is 15.3 Å². The molecule has 3 nitrogen and oxygen atoms in total. The highest BCUT2D eigenvalue weighted by Crippen LogP contribution is 2.17. The number of nitrogens with one attached hydrogen (secondary N) is 1. The molecule has 0 aliphatic rings. The third kappa shape index (κ3) is 1.94. The Labute approximate surface area is 68.8 Å². The number of rotatable bonds is 3. The fraction of sp³-hybridized carbons (Fsp3) is 0.429. The molecule has 1 atom stereocenters. The summed E-state index contributed by atoms with van der Waals surface area (Å²) in [7, 11) is 1.48. The van der Waals surface area contributed by atoms with E-state index in [1.807, 2.05) is 0 Å². The molecule has 0 aromatic carbocycles. The smallest absolute Gasteiger partial charge is 0.257 e. The molecule has 1 rings (SSSR count). The minimum Gasteiger partial charge on any atom is -0.308 e. The summed E-state index contributed by atoms with van der Waals surface area (Å²) in [4.78, 5) is 7.30. The molecule has 0 fully saturated rings. The van der Waals surface area contributed by atoms with Crippen LogP contribution in [0.1, 0.15) is 11.6 Å². The van der Waals surface area contributed by atoms with Crippen molar-refractivity contribution in [3.63, 3.8) is 0 Å². The lowest BCUT2D eigenvalue weighted by molar-refractivity contribution is 0.102. The standard InChI is InChI=1S/C7H9F2N3/c1-10-6(7(8)9)5-2-11-4-12-3-5/h2-4,6-7,10H,1H3. The van der Waals surface area contributed by atoms with E-state index >= 15 is 0 Å². The van der Waals surface area contributed by atoms with E-state index in [1.54, 1.807) is 0 Å². The molecule has 5 heteroatoms. The van der Waals surface area contributed by atoms with Gasteiger partial charge in [0, 0.05) is 18.0 Å². The molecule has 0 aliphatic carbocycles. The molecule has 66 valence electrons. The van der Waals surface area contributed by atoms with Crippen molar-refractivity contribution >= 4 is 0 Å². The van der Waals surface area contributed by atoms with Crippen LogP contribution >= 0.6 is 0 Å². The van der Waals surface area contributed by atoms with Crippen LogP contribution in [0.15, 0.2) is 18.7 Å². The van der Waals surface area contributed by atoms with Crippen LogP contribution in [0.5, 0.6) is 0 Å². The molecule has 0 aliphatic heterocycles. The van der Waals surface area contributed by atoms with Gasteiger partial charge >= 0.3 is 0 Å². The second-order valence-corrected chi connectivity index (χ2v) is 2.27. The van der Waals surface area contributed by atoms with Crippen molar-refractivity contribution in [2.75, 3.05) is 7.05 Å².